The fourth-order valence-corrected chi connectivity index (χ4v) is 0.307. The fourth-order valence-electron chi connectivity index (χ4n) is 0.307. The van der Waals surface area contributed by atoms with Crippen molar-refractivity contribution in [1.82, 2.24) is 0 Å². The predicted molar refractivity (Wildman–Crippen MR) is 43.0 cm³/mol. The monoisotopic (exact) mass is 238 g/mol. The lowest BCUT2D eigenvalue weighted by atomic mass is 10.4. The number of ether oxygens (including phenoxy) is 1. The molecule has 0 fully saturated rings. The molecule has 0 atom stereocenters. The lowest BCUT2D eigenvalue weighted by molar-refractivity contribution is -0.0974. The maximum atomic E-state index is 11.8. The van der Waals surface area contributed by atoms with Gasteiger partial charge >= 0.3 is 0 Å². The van der Waals surface area contributed by atoms with E-state index in [2.05, 4.69) is 4.74 Å². The van der Waals surface area contributed by atoms with E-state index in [0.29, 0.717) is 0 Å². The summed E-state index contributed by atoms with van der Waals surface area (Å²) in [7, 11) is 1.16. The molecular formula is C7H14F4O4. The zero-order valence-electron chi connectivity index (χ0n) is 8.09. The molecule has 0 aromatic rings. The number of aliphatic hydroxyl groups is 3. The molecule has 0 bridgehead atoms. The number of halogens is 4. The van der Waals surface area contributed by atoms with Crippen molar-refractivity contribution in [2.24, 2.45) is 0 Å². The molecule has 0 radical (unpaired) electrons. The molecule has 0 unspecified atom stereocenters. The van der Waals surface area contributed by atoms with Crippen LogP contribution in [0.4, 0.5) is 17.6 Å². The minimum absolute atomic E-state index is 0.719. The summed E-state index contributed by atoms with van der Waals surface area (Å²) in [5.41, 5.74) is 0. The van der Waals surface area contributed by atoms with Crippen LogP contribution < -0.4 is 0 Å². The molecule has 0 aliphatic carbocycles. The van der Waals surface area contributed by atoms with Crippen LogP contribution in [0.3, 0.4) is 0 Å². The third-order valence-corrected chi connectivity index (χ3v) is 1.05. The Kier molecular flexibility index (Phi) is 8.83. The van der Waals surface area contributed by atoms with Gasteiger partial charge < -0.3 is 20.1 Å². The van der Waals surface area contributed by atoms with Crippen molar-refractivity contribution in [1.29, 1.82) is 0 Å². The quantitative estimate of drug-likeness (QED) is 0.583. The maximum absolute atomic E-state index is 11.8. The molecule has 0 saturated carbocycles. The van der Waals surface area contributed by atoms with E-state index in [-0.39, 0.29) is 0 Å². The van der Waals surface area contributed by atoms with Gasteiger partial charge in [0, 0.05) is 7.11 Å². The summed E-state index contributed by atoms with van der Waals surface area (Å²) in [5.74, 6) is -6.38. The molecule has 0 aliphatic rings. The van der Waals surface area contributed by atoms with Gasteiger partial charge in [-0.25, -0.2) is 17.6 Å². The average Bonchev–Trinajstić information content (AvgIpc) is 2.19. The highest BCUT2D eigenvalue weighted by Crippen LogP contribution is 2.10. The van der Waals surface area contributed by atoms with Crippen molar-refractivity contribution >= 4 is 0 Å². The van der Waals surface area contributed by atoms with Crippen LogP contribution in [0.15, 0.2) is 0 Å². The Morgan fingerprint density at radius 2 is 1.20 bits per heavy atom. The zero-order chi connectivity index (χ0) is 12.5. The van der Waals surface area contributed by atoms with Gasteiger partial charge in [0.05, 0.1) is 0 Å². The lowest BCUT2D eigenvalue weighted by Crippen LogP contribution is -2.27. The molecule has 15 heavy (non-hydrogen) atoms. The van der Waals surface area contributed by atoms with Gasteiger partial charge in [0.25, 0.3) is 11.8 Å². The standard InChI is InChI=1S/C4H8F2O2.C3H6F2O2/c1-8-3-4(5,6)2-7;4-3(5,1-6)2-7/h7H,2-3H2,1H3;6-7H,1-2H2. The number of methoxy groups -OCH3 is 1. The van der Waals surface area contributed by atoms with E-state index in [1.807, 2.05) is 0 Å². The van der Waals surface area contributed by atoms with Gasteiger partial charge in [0.2, 0.25) is 0 Å². The number of hydrogen-bond donors (Lipinski definition) is 3. The summed E-state index contributed by atoms with van der Waals surface area (Å²) in [6.07, 6.45) is 0. The minimum atomic E-state index is -3.31. The van der Waals surface area contributed by atoms with Crippen LogP contribution in [-0.2, 0) is 4.74 Å². The Hall–Kier alpha value is -0.440. The summed E-state index contributed by atoms with van der Waals surface area (Å²) < 4.78 is 50.4. The zero-order valence-corrected chi connectivity index (χ0v) is 8.09. The highest BCUT2D eigenvalue weighted by Gasteiger charge is 2.27. The summed E-state index contributed by atoms with van der Waals surface area (Å²) in [6.45, 7) is -4.45. The molecule has 0 aliphatic heterocycles. The first-order valence-electron chi connectivity index (χ1n) is 3.82. The molecule has 3 N–H and O–H groups in total. The molecule has 0 rings (SSSR count). The van der Waals surface area contributed by atoms with Gasteiger partial charge in [-0.3, -0.25) is 0 Å². The Bertz CT molecular complexity index is 148. The van der Waals surface area contributed by atoms with Crippen molar-refractivity contribution in [3.8, 4) is 0 Å². The van der Waals surface area contributed by atoms with Crippen LogP contribution in [0, 0.1) is 0 Å². The van der Waals surface area contributed by atoms with E-state index in [1.54, 1.807) is 0 Å². The molecule has 4 nitrogen and oxygen atoms in total. The Morgan fingerprint density at radius 3 is 1.27 bits per heavy atom. The van der Waals surface area contributed by atoms with Crippen molar-refractivity contribution in [2.75, 3.05) is 33.5 Å². The van der Waals surface area contributed by atoms with Gasteiger partial charge in [0.15, 0.2) is 0 Å². The SMILES string of the molecule is COCC(F)(F)CO.OCC(F)(F)CO. The maximum Gasteiger partial charge on any atom is 0.293 e. The predicted octanol–water partition coefficient (Wildman–Crippen LogP) is -0.133. The topological polar surface area (TPSA) is 69.9 Å². The second-order valence-corrected chi connectivity index (χ2v) is 2.62. The molecule has 0 aromatic heterocycles. The van der Waals surface area contributed by atoms with E-state index >= 15 is 0 Å². The highest BCUT2D eigenvalue weighted by atomic mass is 19.3. The molecule has 0 heterocycles. The average molecular weight is 238 g/mol. The van der Waals surface area contributed by atoms with Gasteiger partial charge in [-0.05, 0) is 0 Å². The van der Waals surface area contributed by atoms with Gasteiger partial charge in [-0.2, -0.15) is 0 Å². The Balaban J connectivity index is 0. The van der Waals surface area contributed by atoms with Crippen LogP contribution in [0.1, 0.15) is 0 Å². The fraction of sp³-hybridized carbons (Fsp3) is 1.00. The largest absolute Gasteiger partial charge is 0.390 e. The first kappa shape index (κ1) is 17.0. The molecular weight excluding hydrogens is 224 g/mol. The number of alkyl halides is 4. The first-order chi connectivity index (χ1) is 6.74. The second kappa shape index (κ2) is 7.80. The van der Waals surface area contributed by atoms with Crippen LogP contribution in [-0.4, -0.2) is 60.7 Å². The van der Waals surface area contributed by atoms with E-state index in [1.165, 1.54) is 0 Å². The Morgan fingerprint density at radius 1 is 0.867 bits per heavy atom. The van der Waals surface area contributed by atoms with E-state index in [0.717, 1.165) is 7.11 Å². The van der Waals surface area contributed by atoms with Crippen LogP contribution in [0.2, 0.25) is 0 Å². The normalized spacial score (nSPS) is 12.0. The van der Waals surface area contributed by atoms with Crippen LogP contribution >= 0.6 is 0 Å². The van der Waals surface area contributed by atoms with E-state index < -0.39 is 38.3 Å². The van der Waals surface area contributed by atoms with Crippen LogP contribution in [0.25, 0.3) is 0 Å². The minimum Gasteiger partial charge on any atom is -0.390 e. The highest BCUT2D eigenvalue weighted by molar-refractivity contribution is 4.60. The Labute approximate surface area is 84.1 Å². The van der Waals surface area contributed by atoms with Crippen molar-refractivity contribution in [2.45, 2.75) is 11.8 Å². The van der Waals surface area contributed by atoms with Gasteiger partial charge in [0.1, 0.15) is 26.4 Å². The molecule has 0 saturated heterocycles. The molecule has 94 valence electrons. The second-order valence-electron chi connectivity index (χ2n) is 2.62. The molecule has 0 aromatic carbocycles. The van der Waals surface area contributed by atoms with E-state index in [9.17, 15) is 17.6 Å². The molecule has 0 amide bonds. The number of hydrogen-bond acceptors (Lipinski definition) is 4. The van der Waals surface area contributed by atoms with Crippen LogP contribution in [0.5, 0.6) is 0 Å². The summed E-state index contributed by atoms with van der Waals surface area (Å²) in [4.78, 5) is 0. The number of aliphatic hydroxyl groups excluding tert-OH is 3. The third kappa shape index (κ3) is 11.5. The first-order valence-corrected chi connectivity index (χ1v) is 3.82. The van der Waals surface area contributed by atoms with Gasteiger partial charge in [-0.15, -0.1) is 0 Å². The van der Waals surface area contributed by atoms with Gasteiger partial charge in [-0.1, -0.05) is 0 Å². The lowest BCUT2D eigenvalue weighted by Gasteiger charge is -2.09. The smallest absolute Gasteiger partial charge is 0.293 e. The van der Waals surface area contributed by atoms with Crippen molar-refractivity contribution < 1.29 is 37.6 Å². The molecule has 0 spiro atoms. The third-order valence-electron chi connectivity index (χ3n) is 1.05. The van der Waals surface area contributed by atoms with E-state index in [4.69, 9.17) is 15.3 Å². The van der Waals surface area contributed by atoms with Crippen molar-refractivity contribution in [3.63, 3.8) is 0 Å². The van der Waals surface area contributed by atoms with Crippen molar-refractivity contribution in [3.05, 3.63) is 0 Å². The summed E-state index contributed by atoms with van der Waals surface area (Å²) in [6, 6.07) is 0. The molecule has 8 heteroatoms. The number of rotatable bonds is 5. The summed E-state index contributed by atoms with van der Waals surface area (Å²) >= 11 is 0. The summed E-state index contributed by atoms with van der Waals surface area (Å²) in [5, 5.41) is 23.3.